The third kappa shape index (κ3) is 1.55. The highest BCUT2D eigenvalue weighted by Gasteiger charge is 2.12. The van der Waals surface area contributed by atoms with Crippen LogP contribution < -0.4 is 4.74 Å². The Morgan fingerprint density at radius 1 is 1.38 bits per heavy atom. The second kappa shape index (κ2) is 3.95. The molecule has 0 saturated heterocycles. The van der Waals surface area contributed by atoms with Gasteiger partial charge in [0.15, 0.2) is 0 Å². The number of nitriles is 1. The van der Waals surface area contributed by atoms with Crippen molar-refractivity contribution in [2.75, 3.05) is 7.11 Å². The van der Waals surface area contributed by atoms with Crippen LogP contribution in [0.15, 0.2) is 12.1 Å². The van der Waals surface area contributed by atoms with Crippen molar-refractivity contribution in [1.82, 2.24) is 9.97 Å². The van der Waals surface area contributed by atoms with E-state index in [1.165, 1.54) is 7.11 Å². The van der Waals surface area contributed by atoms with E-state index in [9.17, 15) is 0 Å². The number of fused-ring (bicyclic) bond motifs is 1. The molecule has 2 rings (SSSR count). The molecule has 0 N–H and O–H groups in total. The van der Waals surface area contributed by atoms with E-state index in [0.717, 1.165) is 0 Å². The quantitative estimate of drug-likeness (QED) is 0.710. The summed E-state index contributed by atoms with van der Waals surface area (Å²) in [5, 5.41) is 9.87. The first kappa shape index (κ1) is 10.7. The van der Waals surface area contributed by atoms with Gasteiger partial charge in [0.2, 0.25) is 0 Å². The van der Waals surface area contributed by atoms with Crippen molar-refractivity contribution in [2.24, 2.45) is 0 Å². The van der Waals surface area contributed by atoms with E-state index in [4.69, 9.17) is 21.6 Å². The second-order valence-electron chi connectivity index (χ2n) is 3.21. The van der Waals surface area contributed by atoms with Gasteiger partial charge >= 0.3 is 0 Å². The van der Waals surface area contributed by atoms with Gasteiger partial charge in [-0.05, 0) is 19.1 Å². The number of nitrogens with zero attached hydrogens (tertiary/aromatic N) is 3. The van der Waals surface area contributed by atoms with Gasteiger partial charge in [-0.15, -0.1) is 0 Å². The lowest BCUT2D eigenvalue weighted by Gasteiger charge is -2.07. The van der Waals surface area contributed by atoms with Gasteiger partial charge in [0.25, 0.3) is 0 Å². The number of methoxy groups -OCH3 is 1. The number of halogens is 1. The highest BCUT2D eigenvalue weighted by atomic mass is 35.5. The van der Waals surface area contributed by atoms with Crippen LogP contribution in [0.2, 0.25) is 5.15 Å². The summed E-state index contributed by atoms with van der Waals surface area (Å²) in [5.41, 5.74) is 0.988. The summed E-state index contributed by atoms with van der Waals surface area (Å²) in [6.07, 6.45) is 0. The third-order valence-electron chi connectivity index (χ3n) is 2.22. The lowest BCUT2D eigenvalue weighted by molar-refractivity contribution is 0.419. The molecule has 1 aromatic heterocycles. The lowest BCUT2D eigenvalue weighted by atomic mass is 10.1. The molecule has 0 radical (unpaired) electrons. The van der Waals surface area contributed by atoms with Crippen molar-refractivity contribution in [2.45, 2.75) is 6.92 Å². The van der Waals surface area contributed by atoms with E-state index in [1.54, 1.807) is 19.1 Å². The second-order valence-corrected chi connectivity index (χ2v) is 3.57. The Kier molecular flexibility index (Phi) is 2.63. The maximum absolute atomic E-state index is 8.99. The molecule has 1 aromatic carbocycles. The monoisotopic (exact) mass is 233 g/mol. The number of ether oxygens (including phenoxy) is 1. The van der Waals surface area contributed by atoms with Crippen molar-refractivity contribution in [3.63, 3.8) is 0 Å². The number of aryl methyl sites for hydroxylation is 1. The Morgan fingerprint density at radius 2 is 2.12 bits per heavy atom. The molecule has 0 aliphatic rings. The molecule has 0 bridgehead atoms. The highest BCUT2D eigenvalue weighted by molar-refractivity contribution is 6.34. The molecule has 0 unspecified atom stereocenters. The minimum Gasteiger partial charge on any atom is -0.496 e. The van der Waals surface area contributed by atoms with Crippen LogP contribution in [0.25, 0.3) is 10.9 Å². The molecule has 5 heteroatoms. The van der Waals surface area contributed by atoms with E-state index in [1.807, 2.05) is 0 Å². The Balaban J connectivity index is 2.97. The Labute approximate surface area is 97.5 Å². The molecule has 0 atom stereocenters. The number of benzene rings is 1. The van der Waals surface area contributed by atoms with Crippen molar-refractivity contribution in [1.29, 1.82) is 5.26 Å². The predicted molar refractivity (Wildman–Crippen MR) is 60.6 cm³/mol. The predicted octanol–water partition coefficient (Wildman–Crippen LogP) is 2.47. The lowest BCUT2D eigenvalue weighted by Crippen LogP contribution is -1.95. The molecule has 0 fully saturated rings. The average Bonchev–Trinajstić information content (AvgIpc) is 2.27. The van der Waals surface area contributed by atoms with Gasteiger partial charge in [-0.3, -0.25) is 0 Å². The van der Waals surface area contributed by atoms with E-state index in [2.05, 4.69) is 16.0 Å². The number of aromatic nitrogens is 2. The summed E-state index contributed by atoms with van der Waals surface area (Å²) in [7, 11) is 1.54. The van der Waals surface area contributed by atoms with Crippen LogP contribution in [-0.2, 0) is 0 Å². The molecule has 2 aromatic rings. The van der Waals surface area contributed by atoms with Crippen LogP contribution in [-0.4, -0.2) is 17.1 Å². The Bertz CT molecular complexity index is 604. The van der Waals surface area contributed by atoms with Crippen LogP contribution in [0, 0.1) is 18.3 Å². The van der Waals surface area contributed by atoms with Gasteiger partial charge in [-0.2, -0.15) is 5.26 Å². The molecule has 0 aliphatic heterocycles. The van der Waals surface area contributed by atoms with E-state index in [0.29, 0.717) is 33.2 Å². The molecule has 0 amide bonds. The fourth-order valence-electron chi connectivity index (χ4n) is 1.53. The van der Waals surface area contributed by atoms with Crippen LogP contribution in [0.3, 0.4) is 0 Å². The van der Waals surface area contributed by atoms with Gasteiger partial charge in [-0.25, -0.2) is 9.97 Å². The fourth-order valence-corrected chi connectivity index (χ4v) is 1.84. The van der Waals surface area contributed by atoms with Gasteiger partial charge in [0.05, 0.1) is 23.6 Å². The summed E-state index contributed by atoms with van der Waals surface area (Å²) in [4.78, 5) is 8.27. The molecule has 1 heterocycles. The zero-order valence-corrected chi connectivity index (χ0v) is 9.54. The molecular weight excluding hydrogens is 226 g/mol. The van der Waals surface area contributed by atoms with Gasteiger partial charge in [-0.1, -0.05) is 11.6 Å². The van der Waals surface area contributed by atoms with Crippen LogP contribution in [0.1, 0.15) is 11.4 Å². The van der Waals surface area contributed by atoms with Gasteiger partial charge in [0, 0.05) is 0 Å². The molecule has 0 spiro atoms. The summed E-state index contributed by atoms with van der Waals surface area (Å²) < 4.78 is 5.17. The summed E-state index contributed by atoms with van der Waals surface area (Å²) in [6.45, 7) is 1.73. The molecule has 0 aliphatic carbocycles. The summed E-state index contributed by atoms with van der Waals surface area (Å²) in [6, 6.07) is 5.41. The first-order valence-electron chi connectivity index (χ1n) is 4.58. The highest BCUT2D eigenvalue weighted by Crippen LogP contribution is 2.31. The Hall–Kier alpha value is -1.86. The minimum atomic E-state index is 0.302. The summed E-state index contributed by atoms with van der Waals surface area (Å²) >= 11 is 6.03. The Morgan fingerprint density at radius 3 is 2.75 bits per heavy atom. The molecule has 16 heavy (non-hydrogen) atoms. The van der Waals surface area contributed by atoms with Crippen LogP contribution >= 0.6 is 11.6 Å². The van der Waals surface area contributed by atoms with Crippen LogP contribution in [0.4, 0.5) is 0 Å². The fraction of sp³-hybridized carbons (Fsp3) is 0.182. The first-order valence-corrected chi connectivity index (χ1v) is 4.96. The van der Waals surface area contributed by atoms with E-state index >= 15 is 0 Å². The van der Waals surface area contributed by atoms with Crippen LogP contribution in [0.5, 0.6) is 5.75 Å². The van der Waals surface area contributed by atoms with Crippen molar-refractivity contribution in [3.05, 3.63) is 28.7 Å². The topological polar surface area (TPSA) is 58.8 Å². The minimum absolute atomic E-state index is 0.302. The van der Waals surface area contributed by atoms with E-state index < -0.39 is 0 Å². The van der Waals surface area contributed by atoms with E-state index in [-0.39, 0.29) is 0 Å². The first-order chi connectivity index (χ1) is 7.67. The average molecular weight is 234 g/mol. The van der Waals surface area contributed by atoms with Crippen molar-refractivity contribution < 1.29 is 4.74 Å². The third-order valence-corrected chi connectivity index (χ3v) is 2.49. The maximum Gasteiger partial charge on any atom is 0.144 e. The smallest absolute Gasteiger partial charge is 0.144 e. The summed E-state index contributed by atoms with van der Waals surface area (Å²) in [5.74, 6) is 1.10. The zero-order chi connectivity index (χ0) is 11.7. The molecule has 4 nitrogen and oxygen atoms in total. The molecule has 80 valence electrons. The number of rotatable bonds is 1. The molecular formula is C11H8ClN3O. The SMILES string of the molecule is COc1ccc(C#N)c2nc(C)nc(Cl)c12. The number of hydrogen-bond acceptors (Lipinski definition) is 4. The van der Waals surface area contributed by atoms with Gasteiger partial charge in [0.1, 0.15) is 22.8 Å². The standard InChI is InChI=1S/C11H8ClN3O/c1-6-14-10-7(5-13)3-4-8(16-2)9(10)11(12)15-6/h3-4H,1-2H3. The van der Waals surface area contributed by atoms with Crippen molar-refractivity contribution in [3.8, 4) is 11.8 Å². The molecule has 0 saturated carbocycles. The van der Waals surface area contributed by atoms with Crippen molar-refractivity contribution >= 4 is 22.5 Å². The zero-order valence-electron chi connectivity index (χ0n) is 8.78. The number of hydrogen-bond donors (Lipinski definition) is 0. The van der Waals surface area contributed by atoms with Gasteiger partial charge < -0.3 is 4.74 Å². The normalized spacial score (nSPS) is 10.1. The maximum atomic E-state index is 8.99. The largest absolute Gasteiger partial charge is 0.496 e.